The standard InChI is InChI=1S/C24H21F2NO5/c1-15-7-9-16(10-8-15)22(28)27(2)17-11-13-18(14-12-17)31-23(29)19-5-4-6-20(30-3)21(19)32-24(25)26/h4-14,24H,1-3H3. The first-order valence-corrected chi connectivity index (χ1v) is 9.59. The van der Waals surface area contributed by atoms with Crippen LogP contribution in [0, 0.1) is 6.92 Å². The van der Waals surface area contributed by atoms with E-state index in [0.717, 1.165) is 5.56 Å². The fourth-order valence-electron chi connectivity index (χ4n) is 2.95. The van der Waals surface area contributed by atoms with Crippen LogP contribution in [0.3, 0.4) is 0 Å². The predicted molar refractivity (Wildman–Crippen MR) is 115 cm³/mol. The van der Waals surface area contributed by atoms with E-state index < -0.39 is 18.3 Å². The highest BCUT2D eigenvalue weighted by atomic mass is 19.3. The highest BCUT2D eigenvalue weighted by Gasteiger charge is 2.22. The van der Waals surface area contributed by atoms with Crippen LogP contribution in [0.25, 0.3) is 0 Å². The van der Waals surface area contributed by atoms with Crippen LogP contribution in [-0.2, 0) is 0 Å². The van der Waals surface area contributed by atoms with Gasteiger partial charge in [0, 0.05) is 18.3 Å². The number of para-hydroxylation sites is 1. The number of alkyl halides is 2. The molecule has 0 saturated carbocycles. The first-order valence-electron chi connectivity index (χ1n) is 9.59. The summed E-state index contributed by atoms with van der Waals surface area (Å²) in [6.45, 7) is -1.20. The lowest BCUT2D eigenvalue weighted by atomic mass is 10.1. The minimum absolute atomic E-state index is 0.0219. The Balaban J connectivity index is 1.75. The molecule has 32 heavy (non-hydrogen) atoms. The number of benzene rings is 3. The van der Waals surface area contributed by atoms with E-state index in [0.29, 0.717) is 11.3 Å². The normalized spacial score (nSPS) is 10.6. The molecule has 8 heteroatoms. The molecule has 0 aromatic heterocycles. The van der Waals surface area contributed by atoms with Crippen molar-refractivity contribution in [2.45, 2.75) is 13.5 Å². The molecular formula is C24H21F2NO5. The van der Waals surface area contributed by atoms with Crippen LogP contribution in [0.4, 0.5) is 14.5 Å². The Morgan fingerprint density at radius 3 is 2.19 bits per heavy atom. The second-order valence-corrected chi connectivity index (χ2v) is 6.83. The molecular weight excluding hydrogens is 420 g/mol. The van der Waals surface area contributed by atoms with Crippen LogP contribution in [0.15, 0.2) is 66.7 Å². The number of ether oxygens (including phenoxy) is 3. The minimum atomic E-state index is -3.14. The third kappa shape index (κ3) is 5.21. The maximum atomic E-state index is 12.8. The van der Waals surface area contributed by atoms with Crippen molar-refractivity contribution in [1.29, 1.82) is 0 Å². The number of amides is 1. The van der Waals surface area contributed by atoms with Gasteiger partial charge < -0.3 is 19.1 Å². The summed E-state index contributed by atoms with van der Waals surface area (Å²) < 4.78 is 40.3. The van der Waals surface area contributed by atoms with E-state index in [1.165, 1.54) is 42.3 Å². The van der Waals surface area contributed by atoms with Gasteiger partial charge in [-0.05, 0) is 55.5 Å². The molecule has 0 aliphatic rings. The van der Waals surface area contributed by atoms with Gasteiger partial charge in [0.2, 0.25) is 0 Å². The summed E-state index contributed by atoms with van der Waals surface area (Å²) in [6, 6.07) is 17.6. The van der Waals surface area contributed by atoms with Gasteiger partial charge in [0.15, 0.2) is 11.5 Å². The van der Waals surface area contributed by atoms with E-state index in [4.69, 9.17) is 9.47 Å². The molecule has 6 nitrogen and oxygen atoms in total. The van der Waals surface area contributed by atoms with E-state index in [-0.39, 0.29) is 23.0 Å². The minimum Gasteiger partial charge on any atom is -0.493 e. The van der Waals surface area contributed by atoms with E-state index in [1.54, 1.807) is 31.3 Å². The highest BCUT2D eigenvalue weighted by molar-refractivity contribution is 6.05. The number of nitrogens with zero attached hydrogens (tertiary/aromatic N) is 1. The van der Waals surface area contributed by atoms with Crippen molar-refractivity contribution in [3.63, 3.8) is 0 Å². The topological polar surface area (TPSA) is 65.1 Å². The molecule has 0 aliphatic carbocycles. The zero-order valence-electron chi connectivity index (χ0n) is 17.7. The molecule has 0 fully saturated rings. The summed E-state index contributed by atoms with van der Waals surface area (Å²) >= 11 is 0. The monoisotopic (exact) mass is 441 g/mol. The van der Waals surface area contributed by atoms with E-state index in [2.05, 4.69) is 4.74 Å². The zero-order chi connectivity index (χ0) is 23.3. The number of esters is 1. The van der Waals surface area contributed by atoms with Crippen LogP contribution < -0.4 is 19.1 Å². The third-order valence-electron chi connectivity index (χ3n) is 4.66. The Labute approximate surface area is 183 Å². The van der Waals surface area contributed by atoms with Gasteiger partial charge in [0.05, 0.1) is 7.11 Å². The summed E-state index contributed by atoms with van der Waals surface area (Å²) in [5, 5.41) is 0. The molecule has 3 aromatic carbocycles. The van der Waals surface area contributed by atoms with Crippen molar-refractivity contribution in [2.75, 3.05) is 19.1 Å². The summed E-state index contributed by atoms with van der Waals surface area (Å²) in [4.78, 5) is 26.7. The average molecular weight is 441 g/mol. The van der Waals surface area contributed by atoms with Gasteiger partial charge in [0.25, 0.3) is 5.91 Å². The van der Waals surface area contributed by atoms with E-state index in [9.17, 15) is 18.4 Å². The van der Waals surface area contributed by atoms with Crippen molar-refractivity contribution < 1.29 is 32.6 Å². The average Bonchev–Trinajstić information content (AvgIpc) is 2.79. The SMILES string of the molecule is COc1cccc(C(=O)Oc2ccc(N(C)C(=O)c3ccc(C)cc3)cc2)c1OC(F)F. The van der Waals surface area contributed by atoms with Gasteiger partial charge in [-0.2, -0.15) is 8.78 Å². The van der Waals surface area contributed by atoms with Crippen LogP contribution in [0.2, 0.25) is 0 Å². The lowest BCUT2D eigenvalue weighted by Gasteiger charge is -2.18. The Hall–Kier alpha value is -3.94. The molecule has 166 valence electrons. The molecule has 3 aromatic rings. The second kappa shape index (κ2) is 9.91. The Kier molecular flexibility index (Phi) is 7.04. The Bertz CT molecular complexity index is 1100. The second-order valence-electron chi connectivity index (χ2n) is 6.83. The molecule has 3 rings (SSSR count). The number of halogens is 2. The number of hydrogen-bond acceptors (Lipinski definition) is 5. The summed E-state index contributed by atoms with van der Waals surface area (Å²) in [7, 11) is 2.91. The molecule has 0 bridgehead atoms. The smallest absolute Gasteiger partial charge is 0.387 e. The summed E-state index contributed by atoms with van der Waals surface area (Å²) in [5.41, 5.74) is 1.96. The maximum Gasteiger partial charge on any atom is 0.387 e. The van der Waals surface area contributed by atoms with Crippen LogP contribution in [0.5, 0.6) is 17.2 Å². The number of carbonyl (C=O) groups excluding carboxylic acids is 2. The molecule has 0 aliphatic heterocycles. The number of methoxy groups -OCH3 is 1. The van der Waals surface area contributed by atoms with Crippen LogP contribution in [0.1, 0.15) is 26.3 Å². The first kappa shape index (κ1) is 22.7. The van der Waals surface area contributed by atoms with Crippen molar-refractivity contribution in [3.05, 3.63) is 83.4 Å². The lowest BCUT2D eigenvalue weighted by Crippen LogP contribution is -2.26. The Morgan fingerprint density at radius 2 is 1.59 bits per heavy atom. The molecule has 0 radical (unpaired) electrons. The molecule has 1 amide bonds. The lowest BCUT2D eigenvalue weighted by molar-refractivity contribution is -0.0516. The van der Waals surface area contributed by atoms with Crippen LogP contribution >= 0.6 is 0 Å². The van der Waals surface area contributed by atoms with Gasteiger partial charge in [-0.25, -0.2) is 4.79 Å². The molecule has 0 heterocycles. The van der Waals surface area contributed by atoms with E-state index >= 15 is 0 Å². The fraction of sp³-hybridized carbons (Fsp3) is 0.167. The number of aryl methyl sites for hydroxylation is 1. The third-order valence-corrected chi connectivity index (χ3v) is 4.66. The molecule has 0 unspecified atom stereocenters. The van der Waals surface area contributed by atoms with Gasteiger partial charge in [0.1, 0.15) is 11.3 Å². The molecule has 0 atom stereocenters. The van der Waals surface area contributed by atoms with E-state index in [1.807, 2.05) is 19.1 Å². The number of rotatable bonds is 7. The fourth-order valence-corrected chi connectivity index (χ4v) is 2.95. The first-order chi connectivity index (χ1) is 15.3. The highest BCUT2D eigenvalue weighted by Crippen LogP contribution is 2.33. The van der Waals surface area contributed by atoms with Gasteiger partial charge in [-0.15, -0.1) is 0 Å². The zero-order valence-corrected chi connectivity index (χ0v) is 17.7. The number of hydrogen-bond donors (Lipinski definition) is 0. The van der Waals surface area contributed by atoms with Gasteiger partial charge >= 0.3 is 12.6 Å². The molecule has 0 N–H and O–H groups in total. The number of carbonyl (C=O) groups is 2. The maximum absolute atomic E-state index is 12.8. The van der Waals surface area contributed by atoms with Crippen LogP contribution in [-0.4, -0.2) is 32.6 Å². The van der Waals surface area contributed by atoms with Gasteiger partial charge in [-0.1, -0.05) is 23.8 Å². The van der Waals surface area contributed by atoms with Crippen molar-refractivity contribution in [1.82, 2.24) is 0 Å². The largest absolute Gasteiger partial charge is 0.493 e. The molecule has 0 spiro atoms. The predicted octanol–water partition coefficient (Wildman–Crippen LogP) is 5.10. The van der Waals surface area contributed by atoms with Crippen molar-refractivity contribution in [2.24, 2.45) is 0 Å². The van der Waals surface area contributed by atoms with Crippen molar-refractivity contribution in [3.8, 4) is 17.2 Å². The van der Waals surface area contributed by atoms with Gasteiger partial charge in [-0.3, -0.25) is 4.79 Å². The quantitative estimate of drug-likeness (QED) is 0.377. The molecule has 0 saturated heterocycles. The summed E-state index contributed by atoms with van der Waals surface area (Å²) in [5.74, 6) is -1.35. The summed E-state index contributed by atoms with van der Waals surface area (Å²) in [6.07, 6.45) is 0. The van der Waals surface area contributed by atoms with Crippen molar-refractivity contribution >= 4 is 17.6 Å². The Morgan fingerprint density at radius 1 is 0.938 bits per heavy atom. The number of anilines is 1.